The van der Waals surface area contributed by atoms with Crippen LogP contribution in [0.4, 0.5) is 0 Å². The topological polar surface area (TPSA) is 70.1 Å². The maximum absolute atomic E-state index is 12.0. The molecule has 4 heteroatoms. The number of hydrogen-bond acceptors (Lipinski definition) is 3. The van der Waals surface area contributed by atoms with Gasteiger partial charge < -0.3 is 5.73 Å². The molecule has 0 radical (unpaired) electrons. The van der Waals surface area contributed by atoms with Gasteiger partial charge in [0.1, 0.15) is 6.04 Å². The smallest absolute Gasteiger partial charge is 0.239 e. The van der Waals surface area contributed by atoms with Crippen LogP contribution in [0.1, 0.15) is 41.5 Å². The van der Waals surface area contributed by atoms with Crippen molar-refractivity contribution in [1.29, 1.82) is 5.26 Å². The lowest BCUT2D eigenvalue weighted by atomic mass is 9.88. The van der Waals surface area contributed by atoms with Gasteiger partial charge >= 0.3 is 0 Å². The fraction of sp³-hybridized carbons (Fsp3) is 0.300. The van der Waals surface area contributed by atoms with Crippen molar-refractivity contribution in [1.82, 2.24) is 4.90 Å². The van der Waals surface area contributed by atoms with Crippen LogP contribution in [0, 0.1) is 11.3 Å². The van der Waals surface area contributed by atoms with E-state index in [4.69, 9.17) is 11.0 Å². The zero-order chi connectivity index (χ0) is 16.9. The molecule has 2 aromatic rings. The van der Waals surface area contributed by atoms with Gasteiger partial charge in [-0.3, -0.25) is 9.69 Å². The molecule has 1 unspecified atom stereocenters. The van der Waals surface area contributed by atoms with Gasteiger partial charge in [-0.25, -0.2) is 0 Å². The minimum atomic E-state index is -0.422. The maximum Gasteiger partial charge on any atom is 0.239 e. The van der Waals surface area contributed by atoms with Crippen LogP contribution in [0.15, 0.2) is 54.6 Å². The molecule has 1 amide bonds. The highest BCUT2D eigenvalue weighted by Crippen LogP contribution is 2.32. The van der Waals surface area contributed by atoms with Crippen LogP contribution < -0.4 is 5.73 Å². The van der Waals surface area contributed by atoms with E-state index in [0.717, 1.165) is 31.5 Å². The Hall–Kier alpha value is -2.64. The highest BCUT2D eigenvalue weighted by molar-refractivity contribution is 5.81. The lowest BCUT2D eigenvalue weighted by Crippen LogP contribution is -2.42. The van der Waals surface area contributed by atoms with Crippen molar-refractivity contribution < 1.29 is 4.79 Å². The van der Waals surface area contributed by atoms with Gasteiger partial charge in [-0.05, 0) is 55.1 Å². The average molecular weight is 319 g/mol. The minimum absolute atomic E-state index is 0.335. The summed E-state index contributed by atoms with van der Waals surface area (Å²) in [5.41, 5.74) is 8.49. The molecule has 1 aliphatic rings. The lowest BCUT2D eigenvalue weighted by Gasteiger charge is -2.36. The van der Waals surface area contributed by atoms with Gasteiger partial charge in [-0.2, -0.15) is 5.26 Å². The van der Waals surface area contributed by atoms with E-state index < -0.39 is 6.04 Å². The standard InChI is InChI=1S/C20H21N3O/c21-14-15-6-8-18(9-7-15)19(20(22)24)23-12-10-17(11-13-23)16-4-2-1-3-5-16/h1-9,17,19H,10-13H2,(H2,22,24). The van der Waals surface area contributed by atoms with Crippen LogP contribution in [-0.4, -0.2) is 23.9 Å². The van der Waals surface area contributed by atoms with Crippen molar-refractivity contribution >= 4 is 5.91 Å². The number of rotatable bonds is 4. The molecule has 122 valence electrons. The number of piperidine rings is 1. The zero-order valence-corrected chi connectivity index (χ0v) is 13.6. The fourth-order valence-corrected chi connectivity index (χ4v) is 3.51. The molecule has 0 aliphatic carbocycles. The normalized spacial score (nSPS) is 17.1. The van der Waals surface area contributed by atoms with E-state index in [1.165, 1.54) is 5.56 Å². The Kier molecular flexibility index (Phi) is 4.93. The van der Waals surface area contributed by atoms with Crippen LogP contribution >= 0.6 is 0 Å². The highest BCUT2D eigenvalue weighted by Gasteiger charge is 2.30. The van der Waals surface area contributed by atoms with Crippen LogP contribution in [0.5, 0.6) is 0 Å². The molecule has 1 fully saturated rings. The van der Waals surface area contributed by atoms with Crippen LogP contribution in [0.25, 0.3) is 0 Å². The van der Waals surface area contributed by atoms with Crippen LogP contribution in [0.2, 0.25) is 0 Å². The van der Waals surface area contributed by atoms with Crippen molar-refractivity contribution in [2.75, 3.05) is 13.1 Å². The summed E-state index contributed by atoms with van der Waals surface area (Å²) in [7, 11) is 0. The second-order valence-electron chi connectivity index (χ2n) is 6.26. The van der Waals surface area contributed by atoms with Crippen molar-refractivity contribution in [2.24, 2.45) is 5.73 Å². The predicted molar refractivity (Wildman–Crippen MR) is 93.1 cm³/mol. The predicted octanol–water partition coefficient (Wildman–Crippen LogP) is 2.96. The van der Waals surface area contributed by atoms with E-state index in [2.05, 4.69) is 35.2 Å². The summed E-state index contributed by atoms with van der Waals surface area (Å²) in [6.07, 6.45) is 2.04. The van der Waals surface area contributed by atoms with Crippen molar-refractivity contribution in [3.63, 3.8) is 0 Å². The number of amides is 1. The van der Waals surface area contributed by atoms with E-state index in [9.17, 15) is 4.79 Å². The summed E-state index contributed by atoms with van der Waals surface area (Å²) in [6.45, 7) is 1.68. The van der Waals surface area contributed by atoms with E-state index in [1.807, 2.05) is 18.2 Å². The van der Waals surface area contributed by atoms with E-state index in [0.29, 0.717) is 11.5 Å². The third-order valence-corrected chi connectivity index (χ3v) is 4.79. The molecular weight excluding hydrogens is 298 g/mol. The first-order valence-corrected chi connectivity index (χ1v) is 8.27. The quantitative estimate of drug-likeness (QED) is 0.942. The molecule has 4 nitrogen and oxygen atoms in total. The SMILES string of the molecule is N#Cc1ccc(C(C(N)=O)N2CCC(c3ccccc3)CC2)cc1. The molecule has 0 aromatic heterocycles. The van der Waals surface area contributed by atoms with Gasteiger partial charge in [0, 0.05) is 0 Å². The first-order chi connectivity index (χ1) is 11.7. The van der Waals surface area contributed by atoms with Gasteiger partial charge in [-0.15, -0.1) is 0 Å². The Morgan fingerprint density at radius 1 is 1.08 bits per heavy atom. The first-order valence-electron chi connectivity index (χ1n) is 8.27. The second-order valence-corrected chi connectivity index (χ2v) is 6.26. The van der Waals surface area contributed by atoms with Gasteiger partial charge in [0.05, 0.1) is 11.6 Å². The summed E-state index contributed by atoms with van der Waals surface area (Å²) in [5.74, 6) is 0.204. The summed E-state index contributed by atoms with van der Waals surface area (Å²) in [6, 6.07) is 19.3. The number of nitrogens with zero attached hydrogens (tertiary/aromatic N) is 2. The highest BCUT2D eigenvalue weighted by atomic mass is 16.1. The Morgan fingerprint density at radius 2 is 1.71 bits per heavy atom. The molecule has 0 bridgehead atoms. The minimum Gasteiger partial charge on any atom is -0.368 e. The van der Waals surface area contributed by atoms with Crippen LogP contribution in [-0.2, 0) is 4.79 Å². The van der Waals surface area contributed by atoms with Gasteiger partial charge in [0.2, 0.25) is 5.91 Å². The number of benzene rings is 2. The Morgan fingerprint density at radius 3 is 2.25 bits per heavy atom. The third-order valence-electron chi connectivity index (χ3n) is 4.79. The van der Waals surface area contributed by atoms with Crippen molar-refractivity contribution in [3.05, 3.63) is 71.3 Å². The van der Waals surface area contributed by atoms with E-state index in [1.54, 1.807) is 12.1 Å². The van der Waals surface area contributed by atoms with Gasteiger partial charge in [0.15, 0.2) is 0 Å². The van der Waals surface area contributed by atoms with Crippen molar-refractivity contribution in [2.45, 2.75) is 24.8 Å². The third kappa shape index (κ3) is 3.47. The van der Waals surface area contributed by atoms with Crippen LogP contribution in [0.3, 0.4) is 0 Å². The molecular formula is C20H21N3O. The molecule has 2 aromatic carbocycles. The number of hydrogen-bond donors (Lipinski definition) is 1. The molecule has 2 N–H and O–H groups in total. The number of likely N-dealkylation sites (tertiary alicyclic amines) is 1. The number of carbonyl (C=O) groups excluding carboxylic acids is 1. The summed E-state index contributed by atoms with van der Waals surface area (Å²) < 4.78 is 0. The Labute approximate surface area is 142 Å². The summed E-state index contributed by atoms with van der Waals surface area (Å²) >= 11 is 0. The molecule has 1 atom stereocenters. The zero-order valence-electron chi connectivity index (χ0n) is 13.6. The van der Waals surface area contributed by atoms with E-state index >= 15 is 0 Å². The Balaban J connectivity index is 1.72. The monoisotopic (exact) mass is 319 g/mol. The summed E-state index contributed by atoms with van der Waals surface area (Å²) in [4.78, 5) is 14.2. The first kappa shape index (κ1) is 16.2. The van der Waals surface area contributed by atoms with Gasteiger partial charge in [0.25, 0.3) is 0 Å². The summed E-state index contributed by atoms with van der Waals surface area (Å²) in [5, 5.41) is 8.91. The number of nitrogens with two attached hydrogens (primary N) is 1. The second kappa shape index (κ2) is 7.29. The van der Waals surface area contributed by atoms with Crippen molar-refractivity contribution in [3.8, 4) is 6.07 Å². The number of carbonyl (C=O) groups is 1. The molecule has 3 rings (SSSR count). The largest absolute Gasteiger partial charge is 0.368 e. The molecule has 1 saturated heterocycles. The molecule has 1 heterocycles. The molecule has 0 spiro atoms. The maximum atomic E-state index is 12.0. The number of nitriles is 1. The Bertz CT molecular complexity index is 726. The van der Waals surface area contributed by atoms with E-state index in [-0.39, 0.29) is 5.91 Å². The fourth-order valence-electron chi connectivity index (χ4n) is 3.51. The molecule has 0 saturated carbocycles. The lowest BCUT2D eigenvalue weighted by molar-refractivity contribution is -0.124. The molecule has 24 heavy (non-hydrogen) atoms. The number of primary amides is 1. The molecule has 1 aliphatic heterocycles. The van der Waals surface area contributed by atoms with Gasteiger partial charge in [-0.1, -0.05) is 42.5 Å². The average Bonchev–Trinajstić information content (AvgIpc) is 2.63.